The van der Waals surface area contributed by atoms with Gasteiger partial charge in [0.2, 0.25) is 5.75 Å². The second-order valence-electron chi connectivity index (χ2n) is 7.54. The number of carbonyl (C=O) groups is 1. The van der Waals surface area contributed by atoms with Crippen molar-refractivity contribution in [1.82, 2.24) is 9.66 Å². The van der Waals surface area contributed by atoms with E-state index in [0.717, 1.165) is 4.68 Å². The van der Waals surface area contributed by atoms with E-state index in [4.69, 9.17) is 16.3 Å². The Morgan fingerprint density at radius 2 is 2.00 bits per heavy atom. The molecule has 1 aromatic heterocycles. The molecule has 1 atom stereocenters. The van der Waals surface area contributed by atoms with Gasteiger partial charge in [-0.05, 0) is 31.2 Å². The molecule has 0 saturated heterocycles. The lowest BCUT2D eigenvalue weighted by Crippen LogP contribution is -2.25. The number of hydrogen-bond acceptors (Lipinski definition) is 8. The summed E-state index contributed by atoms with van der Waals surface area (Å²) in [6.07, 6.45) is 0.154. The predicted molar refractivity (Wildman–Crippen MR) is 131 cm³/mol. The number of fused-ring (bicyclic) bond motifs is 1. The molecule has 0 aliphatic rings. The maximum Gasteiger partial charge on any atom is 0.346 e. The monoisotopic (exact) mass is 550 g/mol. The molecule has 0 spiro atoms. The molecular formula is C22H20BrClN4O6. The zero-order chi connectivity index (χ0) is 25.2. The summed E-state index contributed by atoms with van der Waals surface area (Å²) in [5.41, 5.74) is -0.0885. The first-order chi connectivity index (χ1) is 16.0. The van der Waals surface area contributed by atoms with Gasteiger partial charge in [-0.25, -0.2) is 9.78 Å². The number of ether oxygens (including phenoxy) is 2. The van der Waals surface area contributed by atoms with Crippen LogP contribution < -0.4 is 10.3 Å². The highest BCUT2D eigenvalue weighted by Gasteiger charge is 2.25. The fraction of sp³-hybridized carbons (Fsp3) is 0.273. The van der Waals surface area contributed by atoms with Crippen LogP contribution in [0.3, 0.4) is 0 Å². The van der Waals surface area contributed by atoms with Crippen LogP contribution in [0.1, 0.15) is 38.1 Å². The van der Waals surface area contributed by atoms with Crippen molar-refractivity contribution in [3.8, 4) is 5.75 Å². The molecule has 3 aromatic rings. The molecule has 0 unspecified atom stereocenters. The van der Waals surface area contributed by atoms with Gasteiger partial charge in [-0.2, -0.15) is 9.78 Å². The van der Waals surface area contributed by atoms with Crippen molar-refractivity contribution >= 4 is 56.3 Å². The van der Waals surface area contributed by atoms with Gasteiger partial charge in [0, 0.05) is 22.0 Å². The van der Waals surface area contributed by atoms with Crippen LogP contribution in [0, 0.1) is 10.1 Å². The van der Waals surface area contributed by atoms with Gasteiger partial charge in [-0.3, -0.25) is 14.9 Å². The lowest BCUT2D eigenvalue weighted by atomic mass is 10.2. The van der Waals surface area contributed by atoms with E-state index < -0.39 is 28.2 Å². The maximum absolute atomic E-state index is 13.1. The minimum atomic E-state index is -1.11. The molecule has 0 saturated carbocycles. The van der Waals surface area contributed by atoms with Crippen molar-refractivity contribution in [3.05, 3.63) is 71.7 Å². The average molecular weight is 552 g/mol. The number of rotatable bonds is 7. The van der Waals surface area contributed by atoms with Gasteiger partial charge in [0.25, 0.3) is 5.56 Å². The zero-order valence-electron chi connectivity index (χ0n) is 18.6. The Bertz CT molecular complexity index is 1370. The van der Waals surface area contributed by atoms with E-state index in [2.05, 4.69) is 30.8 Å². The summed E-state index contributed by atoms with van der Waals surface area (Å²) in [4.78, 5) is 40.3. The number of carbonyl (C=O) groups excluding carboxylic acids is 1. The summed E-state index contributed by atoms with van der Waals surface area (Å²) in [5.74, 6) is -0.707. The molecule has 1 heterocycles. The molecule has 178 valence electrons. The molecule has 0 N–H and O–H groups in total. The molecule has 0 fully saturated rings. The van der Waals surface area contributed by atoms with Gasteiger partial charge in [-0.15, -0.1) is 0 Å². The molecule has 0 aliphatic heterocycles. The van der Waals surface area contributed by atoms with Crippen molar-refractivity contribution < 1.29 is 19.2 Å². The average Bonchev–Trinajstić information content (AvgIpc) is 2.79. The number of aromatic nitrogens is 2. The van der Waals surface area contributed by atoms with E-state index in [1.165, 1.54) is 32.4 Å². The number of nitrogens with zero attached hydrogens (tertiary/aromatic N) is 4. The van der Waals surface area contributed by atoms with E-state index in [1.54, 1.807) is 18.2 Å². The lowest BCUT2D eigenvalue weighted by molar-refractivity contribution is -0.386. The number of nitro groups is 1. The zero-order valence-corrected chi connectivity index (χ0v) is 21.0. The summed E-state index contributed by atoms with van der Waals surface area (Å²) in [6.45, 7) is 5.12. The van der Waals surface area contributed by atoms with Crippen molar-refractivity contribution in [3.63, 3.8) is 0 Å². The van der Waals surface area contributed by atoms with E-state index >= 15 is 0 Å². The Balaban J connectivity index is 2.10. The third-order valence-electron chi connectivity index (χ3n) is 4.74. The first-order valence-corrected chi connectivity index (χ1v) is 11.2. The molecule has 0 amide bonds. The Morgan fingerprint density at radius 3 is 2.62 bits per heavy atom. The quantitative estimate of drug-likeness (QED) is 0.181. The van der Waals surface area contributed by atoms with Gasteiger partial charge in [0.05, 0.1) is 34.2 Å². The Kier molecular flexibility index (Phi) is 7.68. The molecule has 0 aliphatic carbocycles. The summed E-state index contributed by atoms with van der Waals surface area (Å²) >= 11 is 9.58. The maximum atomic E-state index is 13.1. The van der Waals surface area contributed by atoms with E-state index in [9.17, 15) is 19.7 Å². The third kappa shape index (κ3) is 5.26. The fourth-order valence-corrected chi connectivity index (χ4v) is 3.72. The standard InChI is InChI=1S/C22H20BrClN4O6/c1-11(2)20-26-17-6-5-14(23)9-15(17)21(29)27(20)25-10-13-7-16(24)19(18(8-13)28(31)32)34-12(3)22(30)33-4/h5-12H,1-4H3/t12-/m0/s1. The van der Waals surface area contributed by atoms with Crippen molar-refractivity contribution in [2.75, 3.05) is 7.11 Å². The summed E-state index contributed by atoms with van der Waals surface area (Å²) in [5, 5.41) is 16.1. The summed E-state index contributed by atoms with van der Waals surface area (Å²) < 4.78 is 11.8. The van der Waals surface area contributed by atoms with Crippen LogP contribution in [-0.4, -0.2) is 40.0 Å². The molecule has 34 heavy (non-hydrogen) atoms. The van der Waals surface area contributed by atoms with E-state index in [1.807, 2.05) is 13.8 Å². The van der Waals surface area contributed by atoms with Crippen LogP contribution in [0.15, 0.2) is 44.7 Å². The van der Waals surface area contributed by atoms with Gasteiger partial charge < -0.3 is 9.47 Å². The molecule has 3 rings (SSSR count). The van der Waals surface area contributed by atoms with Gasteiger partial charge >= 0.3 is 11.7 Å². The minimum absolute atomic E-state index is 0.108. The van der Waals surface area contributed by atoms with Gasteiger partial charge in [0.15, 0.2) is 6.10 Å². The second-order valence-corrected chi connectivity index (χ2v) is 8.86. The van der Waals surface area contributed by atoms with Crippen LogP contribution in [0.2, 0.25) is 5.02 Å². The topological polar surface area (TPSA) is 126 Å². The van der Waals surface area contributed by atoms with Crippen LogP contribution in [0.25, 0.3) is 10.9 Å². The largest absolute Gasteiger partial charge is 0.471 e. The fourth-order valence-electron chi connectivity index (χ4n) is 3.09. The molecule has 2 aromatic carbocycles. The first kappa shape index (κ1) is 25.3. The Labute approximate surface area is 207 Å². The van der Waals surface area contributed by atoms with Crippen molar-refractivity contribution in [2.45, 2.75) is 32.8 Å². The van der Waals surface area contributed by atoms with Crippen LogP contribution in [-0.2, 0) is 9.53 Å². The highest BCUT2D eigenvalue weighted by molar-refractivity contribution is 9.10. The predicted octanol–water partition coefficient (Wildman–Crippen LogP) is 4.67. The van der Waals surface area contributed by atoms with Crippen LogP contribution in [0.5, 0.6) is 5.75 Å². The SMILES string of the molecule is COC(=O)[C@H](C)Oc1c(Cl)cc(C=Nn2c(C(C)C)nc3ccc(Br)cc3c2=O)cc1[N+](=O)[O-]. The first-order valence-electron chi connectivity index (χ1n) is 10.0. The smallest absolute Gasteiger partial charge is 0.346 e. The minimum Gasteiger partial charge on any atom is -0.471 e. The summed E-state index contributed by atoms with van der Waals surface area (Å²) in [6, 6.07) is 7.73. The van der Waals surface area contributed by atoms with Crippen LogP contribution in [0.4, 0.5) is 5.69 Å². The van der Waals surface area contributed by atoms with Gasteiger partial charge in [-0.1, -0.05) is 41.4 Å². The van der Waals surface area contributed by atoms with Crippen LogP contribution >= 0.6 is 27.5 Å². The van der Waals surface area contributed by atoms with Gasteiger partial charge in [0.1, 0.15) is 5.82 Å². The number of esters is 1. The molecule has 12 heteroatoms. The van der Waals surface area contributed by atoms with Crippen molar-refractivity contribution in [2.24, 2.45) is 5.10 Å². The van der Waals surface area contributed by atoms with Crippen molar-refractivity contribution in [1.29, 1.82) is 0 Å². The molecule has 0 bridgehead atoms. The third-order valence-corrected chi connectivity index (χ3v) is 5.52. The highest BCUT2D eigenvalue weighted by atomic mass is 79.9. The Morgan fingerprint density at radius 1 is 1.29 bits per heavy atom. The second kappa shape index (κ2) is 10.3. The Hall–Kier alpha value is -3.31. The molecule has 0 radical (unpaired) electrons. The normalized spacial score (nSPS) is 12.3. The number of methoxy groups -OCH3 is 1. The van der Waals surface area contributed by atoms with E-state index in [-0.39, 0.29) is 22.3 Å². The highest BCUT2D eigenvalue weighted by Crippen LogP contribution is 2.36. The number of nitro benzene ring substituents is 1. The number of halogens is 2. The number of hydrogen-bond donors (Lipinski definition) is 0. The molecular weight excluding hydrogens is 532 g/mol. The molecule has 10 nitrogen and oxygen atoms in total. The number of benzene rings is 2. The van der Waals surface area contributed by atoms with E-state index in [0.29, 0.717) is 21.2 Å². The summed E-state index contributed by atoms with van der Waals surface area (Å²) in [7, 11) is 1.17. The lowest BCUT2D eigenvalue weighted by Gasteiger charge is -2.14.